The summed E-state index contributed by atoms with van der Waals surface area (Å²) in [5.41, 5.74) is 4.96. The number of ether oxygens (including phenoxy) is 1. The van der Waals surface area contributed by atoms with E-state index in [1.54, 1.807) is 4.90 Å². The number of aromatic amines is 2. The fourth-order valence-electron chi connectivity index (χ4n) is 6.25. The number of aromatic nitrogens is 4. The summed E-state index contributed by atoms with van der Waals surface area (Å²) in [5, 5.41) is 0. The zero-order chi connectivity index (χ0) is 32.6. The van der Waals surface area contributed by atoms with Crippen LogP contribution in [0, 0.1) is 23.7 Å². The molecule has 0 radical (unpaired) electrons. The Balaban J connectivity index is 0.00000217. The molecule has 9 nitrogen and oxygen atoms in total. The number of likely N-dealkylation sites (tertiary alicyclic amines) is 2. The number of H-pyrrole nitrogens is 2. The van der Waals surface area contributed by atoms with Crippen molar-refractivity contribution in [2.75, 3.05) is 13.1 Å². The number of imidazole rings is 2. The van der Waals surface area contributed by atoms with Gasteiger partial charge in [-0.3, -0.25) is 9.69 Å². The number of hydrogen-bond donors (Lipinski definition) is 2. The van der Waals surface area contributed by atoms with Crippen LogP contribution in [0.2, 0.25) is 0 Å². The quantitative estimate of drug-likeness (QED) is 0.205. The molecule has 264 valence electrons. The Hall–Kier alpha value is -3.53. The molecule has 2 aromatic carbocycles. The zero-order valence-electron chi connectivity index (χ0n) is 29.2. The summed E-state index contributed by atoms with van der Waals surface area (Å²) in [5.74, 6) is 8.70. The van der Waals surface area contributed by atoms with Crippen molar-refractivity contribution in [2.24, 2.45) is 11.8 Å². The number of rotatable bonds is 5. The standard InChI is InChI=1S/C37H44N6O3.3H2S/c1-23(2)24(3)35(44)42-19-7-10-32(42)34-39-28-18-15-26(21-29(28)40-34)12-11-25-13-16-27(17-14-25)30-22-38-33(41-30)31-9-8-20-43(31)36(45)46-37(4,5)6;;;/h13-18,21-24,31-32H,7-10,19-20H2,1-6H3,(H,38,41)(H,39,40);3*1H2/t24-,31-,32-;;;/m0.../s1. The Morgan fingerprint density at radius 3 is 2.12 bits per heavy atom. The molecular formula is C37H50N6O3S3. The Morgan fingerprint density at radius 2 is 1.47 bits per heavy atom. The maximum Gasteiger partial charge on any atom is 0.410 e. The van der Waals surface area contributed by atoms with Gasteiger partial charge in [0.2, 0.25) is 5.91 Å². The minimum Gasteiger partial charge on any atom is -0.444 e. The normalized spacial score (nSPS) is 17.9. The molecule has 0 unspecified atom stereocenters. The first-order valence-electron chi connectivity index (χ1n) is 16.4. The van der Waals surface area contributed by atoms with Crippen LogP contribution in [0.3, 0.4) is 0 Å². The number of hydrogen-bond acceptors (Lipinski definition) is 5. The first-order valence-corrected chi connectivity index (χ1v) is 16.4. The van der Waals surface area contributed by atoms with Crippen LogP contribution in [0.5, 0.6) is 0 Å². The van der Waals surface area contributed by atoms with Crippen molar-refractivity contribution in [2.45, 2.75) is 84.9 Å². The molecule has 4 heterocycles. The number of fused-ring (bicyclic) bond motifs is 1. The first-order chi connectivity index (χ1) is 22.0. The van der Waals surface area contributed by atoms with Crippen LogP contribution in [0.25, 0.3) is 22.3 Å². The number of benzene rings is 2. The van der Waals surface area contributed by atoms with Crippen LogP contribution >= 0.6 is 40.5 Å². The number of nitrogens with zero attached hydrogens (tertiary/aromatic N) is 4. The van der Waals surface area contributed by atoms with E-state index in [0.29, 0.717) is 12.5 Å². The SMILES string of the molecule is CC(C)[C@H](C)C(=O)N1CCC[C@H]1c1nc2ccc(C#Cc3ccc(-c4cnc([C@@H]5CCCN5C(=O)OC(C)(C)C)[nH]4)cc3)cc2[nH]1.S.S.S. The highest BCUT2D eigenvalue weighted by Gasteiger charge is 2.36. The van der Waals surface area contributed by atoms with Crippen molar-refractivity contribution < 1.29 is 14.3 Å². The van der Waals surface area contributed by atoms with Crippen molar-refractivity contribution in [3.8, 4) is 23.1 Å². The van der Waals surface area contributed by atoms with Gasteiger partial charge in [0.15, 0.2) is 0 Å². The Labute approximate surface area is 310 Å². The smallest absolute Gasteiger partial charge is 0.410 e. The summed E-state index contributed by atoms with van der Waals surface area (Å²) in [6.07, 6.45) is 5.20. The average Bonchev–Trinajstić information content (AvgIpc) is 3.83. The fourth-order valence-corrected chi connectivity index (χ4v) is 6.25. The number of carbonyl (C=O) groups excluding carboxylic acids is 2. The third kappa shape index (κ3) is 8.99. The predicted octanol–water partition coefficient (Wildman–Crippen LogP) is 7.72. The van der Waals surface area contributed by atoms with Crippen molar-refractivity contribution in [1.29, 1.82) is 0 Å². The van der Waals surface area contributed by atoms with Gasteiger partial charge in [0.05, 0.1) is 35.0 Å². The van der Waals surface area contributed by atoms with E-state index in [1.165, 1.54) is 0 Å². The van der Waals surface area contributed by atoms with E-state index < -0.39 is 5.60 Å². The molecule has 2 aromatic heterocycles. The highest BCUT2D eigenvalue weighted by molar-refractivity contribution is 7.59. The monoisotopic (exact) mass is 722 g/mol. The van der Waals surface area contributed by atoms with Crippen molar-refractivity contribution >= 4 is 63.5 Å². The van der Waals surface area contributed by atoms with Crippen LogP contribution in [-0.2, 0) is 9.53 Å². The van der Waals surface area contributed by atoms with E-state index in [-0.39, 0.29) is 70.5 Å². The van der Waals surface area contributed by atoms with E-state index in [4.69, 9.17) is 9.72 Å². The maximum atomic E-state index is 13.1. The summed E-state index contributed by atoms with van der Waals surface area (Å²) in [7, 11) is 0. The molecule has 2 amide bonds. The van der Waals surface area contributed by atoms with Crippen molar-refractivity contribution in [1.82, 2.24) is 29.7 Å². The van der Waals surface area contributed by atoms with Gasteiger partial charge in [0.25, 0.3) is 0 Å². The number of carbonyl (C=O) groups is 2. The summed E-state index contributed by atoms with van der Waals surface area (Å²) >= 11 is 0. The highest BCUT2D eigenvalue weighted by atomic mass is 32.1. The van der Waals surface area contributed by atoms with Crippen molar-refractivity contribution in [3.05, 3.63) is 71.4 Å². The van der Waals surface area contributed by atoms with Gasteiger partial charge in [-0.2, -0.15) is 40.5 Å². The Kier molecular flexibility index (Phi) is 13.4. The zero-order valence-corrected chi connectivity index (χ0v) is 32.2. The van der Waals surface area contributed by atoms with Gasteiger partial charge in [0.1, 0.15) is 17.2 Å². The van der Waals surface area contributed by atoms with Gasteiger partial charge >= 0.3 is 6.09 Å². The lowest BCUT2D eigenvalue weighted by molar-refractivity contribution is -0.137. The van der Waals surface area contributed by atoms with Crippen LogP contribution in [0.4, 0.5) is 4.79 Å². The van der Waals surface area contributed by atoms with E-state index in [9.17, 15) is 9.59 Å². The second-order valence-corrected chi connectivity index (χ2v) is 13.9. The number of nitrogens with one attached hydrogen (secondary N) is 2. The van der Waals surface area contributed by atoms with Gasteiger partial charge in [-0.1, -0.05) is 44.7 Å². The molecule has 0 spiro atoms. The van der Waals surface area contributed by atoms with Gasteiger partial charge in [0, 0.05) is 30.1 Å². The number of amides is 2. The van der Waals surface area contributed by atoms with E-state index >= 15 is 0 Å². The van der Waals surface area contributed by atoms with Gasteiger partial charge in [-0.25, -0.2) is 14.8 Å². The van der Waals surface area contributed by atoms with E-state index in [2.05, 4.69) is 40.6 Å². The van der Waals surface area contributed by atoms with Crippen LogP contribution in [0.1, 0.15) is 102 Å². The minimum absolute atomic E-state index is 0. The topological polar surface area (TPSA) is 107 Å². The lowest BCUT2D eigenvalue weighted by Gasteiger charge is -2.27. The summed E-state index contributed by atoms with van der Waals surface area (Å²) < 4.78 is 5.62. The molecule has 0 aliphatic carbocycles. The third-order valence-electron chi connectivity index (χ3n) is 9.08. The van der Waals surface area contributed by atoms with Gasteiger partial charge in [-0.15, -0.1) is 0 Å². The second kappa shape index (κ2) is 16.5. The van der Waals surface area contributed by atoms with Crippen molar-refractivity contribution in [3.63, 3.8) is 0 Å². The average molecular weight is 723 g/mol. The summed E-state index contributed by atoms with van der Waals surface area (Å²) in [6, 6.07) is 13.9. The van der Waals surface area contributed by atoms with Gasteiger partial charge in [-0.05, 0) is 88.3 Å². The molecule has 3 atom stereocenters. The molecule has 2 fully saturated rings. The molecule has 2 saturated heterocycles. The summed E-state index contributed by atoms with van der Waals surface area (Å²) in [4.78, 5) is 46.0. The summed E-state index contributed by atoms with van der Waals surface area (Å²) in [6.45, 7) is 13.3. The molecule has 6 rings (SSSR count). The Morgan fingerprint density at radius 1 is 0.857 bits per heavy atom. The lowest BCUT2D eigenvalue weighted by atomic mass is 9.96. The molecular weight excluding hydrogens is 673 g/mol. The minimum atomic E-state index is -0.537. The molecule has 49 heavy (non-hydrogen) atoms. The van der Waals surface area contributed by atoms with E-state index in [1.807, 2.05) is 81.3 Å². The molecule has 0 saturated carbocycles. The molecule has 4 aromatic rings. The van der Waals surface area contributed by atoms with Crippen LogP contribution in [-0.4, -0.2) is 60.4 Å². The molecule has 0 bridgehead atoms. The third-order valence-corrected chi connectivity index (χ3v) is 9.08. The van der Waals surface area contributed by atoms with Gasteiger partial charge < -0.3 is 19.6 Å². The van der Waals surface area contributed by atoms with E-state index in [0.717, 1.165) is 77.3 Å². The first kappa shape index (κ1) is 39.9. The lowest BCUT2D eigenvalue weighted by Crippen LogP contribution is -2.36. The predicted molar refractivity (Wildman–Crippen MR) is 210 cm³/mol. The molecule has 2 aliphatic rings. The maximum absolute atomic E-state index is 13.1. The molecule has 2 N–H and O–H groups in total. The largest absolute Gasteiger partial charge is 0.444 e. The Bertz CT molecular complexity index is 1800. The highest BCUT2D eigenvalue weighted by Crippen LogP contribution is 2.34. The molecule has 12 heteroatoms. The van der Waals surface area contributed by atoms with Crippen LogP contribution < -0.4 is 0 Å². The fraction of sp³-hybridized carbons (Fsp3) is 0.459. The van der Waals surface area contributed by atoms with Crippen LogP contribution in [0.15, 0.2) is 48.7 Å². The molecule has 2 aliphatic heterocycles. The second-order valence-electron chi connectivity index (χ2n) is 13.9.